The van der Waals surface area contributed by atoms with E-state index in [9.17, 15) is 5.11 Å². The van der Waals surface area contributed by atoms with E-state index in [1.807, 2.05) is 19.9 Å². The number of hydrogen-bond acceptors (Lipinski definition) is 5. The van der Waals surface area contributed by atoms with Gasteiger partial charge in [0, 0.05) is 25.7 Å². The number of aryl methyl sites for hydroxylation is 1. The van der Waals surface area contributed by atoms with E-state index in [-0.39, 0.29) is 6.10 Å². The Morgan fingerprint density at radius 3 is 2.75 bits per heavy atom. The molecule has 2 heterocycles. The van der Waals surface area contributed by atoms with E-state index in [1.54, 1.807) is 0 Å². The van der Waals surface area contributed by atoms with Gasteiger partial charge < -0.3 is 19.4 Å². The second-order valence-electron chi connectivity index (χ2n) is 6.22. The van der Waals surface area contributed by atoms with Crippen LogP contribution in [0.25, 0.3) is 0 Å². The van der Waals surface area contributed by atoms with Crippen LogP contribution in [0.5, 0.6) is 0 Å². The Morgan fingerprint density at radius 2 is 2.20 bits per heavy atom. The fourth-order valence-electron chi connectivity index (χ4n) is 3.00. The summed E-state index contributed by atoms with van der Waals surface area (Å²) in [5, 5.41) is 13.5. The van der Waals surface area contributed by atoms with Gasteiger partial charge in [-0.25, -0.2) is 0 Å². The molecule has 1 N–H and O–H groups in total. The number of piperidine rings is 1. The number of aliphatic hydroxyl groups excluding tert-OH is 1. The number of aliphatic hydroxyl groups is 1. The Kier molecular flexibility index (Phi) is 5.57. The lowest BCUT2D eigenvalue weighted by Crippen LogP contribution is -2.40. The number of hydrogen-bond donors (Lipinski definition) is 1. The summed E-state index contributed by atoms with van der Waals surface area (Å²) < 4.78 is 5.10. The minimum Gasteiger partial charge on any atom is -0.392 e. The molecular weight excluding hydrogens is 254 g/mol. The molecule has 0 amide bonds. The van der Waals surface area contributed by atoms with E-state index in [2.05, 4.69) is 22.0 Å². The highest BCUT2D eigenvalue weighted by Gasteiger charge is 2.21. The van der Waals surface area contributed by atoms with Gasteiger partial charge in [-0.05, 0) is 52.7 Å². The van der Waals surface area contributed by atoms with Crippen molar-refractivity contribution in [1.29, 1.82) is 0 Å². The number of likely N-dealkylation sites (tertiary alicyclic amines) is 1. The molecule has 0 bridgehead atoms. The molecular formula is C15H27N3O2. The van der Waals surface area contributed by atoms with Crippen LogP contribution in [0, 0.1) is 12.8 Å². The zero-order valence-electron chi connectivity index (χ0n) is 12.9. The Balaban J connectivity index is 1.69. The molecule has 0 aliphatic carbocycles. The largest absolute Gasteiger partial charge is 0.392 e. The lowest BCUT2D eigenvalue weighted by atomic mass is 9.96. The van der Waals surface area contributed by atoms with Crippen molar-refractivity contribution in [2.24, 2.45) is 5.92 Å². The van der Waals surface area contributed by atoms with E-state index in [4.69, 9.17) is 4.52 Å². The van der Waals surface area contributed by atoms with Gasteiger partial charge in [-0.3, -0.25) is 0 Å². The van der Waals surface area contributed by atoms with E-state index in [0.717, 1.165) is 50.1 Å². The van der Waals surface area contributed by atoms with Gasteiger partial charge in [-0.15, -0.1) is 0 Å². The van der Waals surface area contributed by atoms with Crippen LogP contribution in [0.1, 0.15) is 31.2 Å². The SMILES string of the molecule is Cc1cc(CN(C)CC2CCN(C[C@@H](C)O)CC2)no1. The van der Waals surface area contributed by atoms with E-state index >= 15 is 0 Å². The molecule has 114 valence electrons. The molecule has 1 aromatic heterocycles. The molecule has 5 heteroatoms. The Bertz CT molecular complexity index is 398. The first-order valence-electron chi connectivity index (χ1n) is 7.54. The molecule has 0 unspecified atom stereocenters. The third-order valence-corrected chi connectivity index (χ3v) is 3.91. The minimum absolute atomic E-state index is 0.218. The van der Waals surface area contributed by atoms with Crippen LogP contribution in [0.15, 0.2) is 10.6 Å². The summed E-state index contributed by atoms with van der Waals surface area (Å²) in [6.45, 7) is 8.76. The molecule has 0 aromatic carbocycles. The molecule has 1 saturated heterocycles. The summed E-state index contributed by atoms with van der Waals surface area (Å²) in [4.78, 5) is 4.69. The average Bonchev–Trinajstić information content (AvgIpc) is 2.76. The first-order valence-corrected chi connectivity index (χ1v) is 7.54. The molecule has 5 nitrogen and oxygen atoms in total. The Labute approximate surface area is 121 Å². The van der Waals surface area contributed by atoms with Crippen molar-refractivity contribution in [3.63, 3.8) is 0 Å². The minimum atomic E-state index is -0.218. The average molecular weight is 281 g/mol. The molecule has 1 atom stereocenters. The Morgan fingerprint density at radius 1 is 1.50 bits per heavy atom. The fourth-order valence-corrected chi connectivity index (χ4v) is 3.00. The molecule has 1 aliphatic rings. The quantitative estimate of drug-likeness (QED) is 0.856. The van der Waals surface area contributed by atoms with Crippen molar-refractivity contribution < 1.29 is 9.63 Å². The van der Waals surface area contributed by atoms with Crippen LogP contribution < -0.4 is 0 Å². The highest BCUT2D eigenvalue weighted by Crippen LogP contribution is 2.19. The van der Waals surface area contributed by atoms with Gasteiger partial charge in [0.15, 0.2) is 0 Å². The maximum atomic E-state index is 9.42. The number of nitrogens with zero attached hydrogens (tertiary/aromatic N) is 3. The summed E-state index contributed by atoms with van der Waals surface area (Å²) >= 11 is 0. The van der Waals surface area contributed by atoms with Crippen LogP contribution >= 0.6 is 0 Å². The van der Waals surface area contributed by atoms with Gasteiger partial charge >= 0.3 is 0 Å². The lowest BCUT2D eigenvalue weighted by molar-refractivity contribution is 0.0917. The van der Waals surface area contributed by atoms with Crippen molar-refractivity contribution >= 4 is 0 Å². The second-order valence-corrected chi connectivity index (χ2v) is 6.22. The van der Waals surface area contributed by atoms with Crippen molar-refractivity contribution in [2.45, 2.75) is 39.3 Å². The van der Waals surface area contributed by atoms with Crippen LogP contribution in [0.2, 0.25) is 0 Å². The van der Waals surface area contributed by atoms with E-state index in [0.29, 0.717) is 0 Å². The third kappa shape index (κ3) is 4.89. The fraction of sp³-hybridized carbons (Fsp3) is 0.800. The molecule has 1 fully saturated rings. The summed E-state index contributed by atoms with van der Waals surface area (Å²) in [6, 6.07) is 2.00. The molecule has 20 heavy (non-hydrogen) atoms. The Hall–Kier alpha value is -0.910. The number of rotatable bonds is 6. The van der Waals surface area contributed by atoms with Gasteiger partial charge in [0.1, 0.15) is 5.76 Å². The van der Waals surface area contributed by atoms with Gasteiger partial charge in [-0.1, -0.05) is 5.16 Å². The zero-order chi connectivity index (χ0) is 14.5. The molecule has 2 rings (SSSR count). The second kappa shape index (κ2) is 7.20. The maximum absolute atomic E-state index is 9.42. The van der Waals surface area contributed by atoms with Gasteiger partial charge in [0.25, 0.3) is 0 Å². The van der Waals surface area contributed by atoms with Gasteiger partial charge in [-0.2, -0.15) is 0 Å². The number of aromatic nitrogens is 1. The van der Waals surface area contributed by atoms with Crippen LogP contribution in [0.4, 0.5) is 0 Å². The van der Waals surface area contributed by atoms with Crippen LogP contribution in [-0.2, 0) is 6.54 Å². The summed E-state index contributed by atoms with van der Waals surface area (Å²) in [6.07, 6.45) is 2.22. The molecule has 0 spiro atoms. The predicted octanol–water partition coefficient (Wildman–Crippen LogP) is 1.51. The molecule has 1 aromatic rings. The standard InChI is InChI=1S/C15H27N3O2/c1-12(19)9-18-6-4-14(5-7-18)10-17(3)11-15-8-13(2)20-16-15/h8,12,14,19H,4-7,9-11H2,1-3H3/t12-/m1/s1. The van der Waals surface area contributed by atoms with Crippen LogP contribution in [0.3, 0.4) is 0 Å². The van der Waals surface area contributed by atoms with Gasteiger partial charge in [0.05, 0.1) is 11.8 Å². The smallest absolute Gasteiger partial charge is 0.133 e. The highest BCUT2D eigenvalue weighted by molar-refractivity contribution is 5.03. The predicted molar refractivity (Wildman–Crippen MR) is 78.4 cm³/mol. The highest BCUT2D eigenvalue weighted by atomic mass is 16.5. The normalized spacial score (nSPS) is 19.6. The lowest BCUT2D eigenvalue weighted by Gasteiger charge is -2.34. The summed E-state index contributed by atoms with van der Waals surface area (Å²) in [5.41, 5.74) is 1.01. The van der Waals surface area contributed by atoms with Crippen molar-refractivity contribution in [2.75, 3.05) is 33.2 Å². The first-order chi connectivity index (χ1) is 9.52. The topological polar surface area (TPSA) is 52.7 Å². The van der Waals surface area contributed by atoms with E-state index < -0.39 is 0 Å². The third-order valence-electron chi connectivity index (χ3n) is 3.91. The first kappa shape index (κ1) is 15.5. The maximum Gasteiger partial charge on any atom is 0.133 e. The van der Waals surface area contributed by atoms with E-state index in [1.165, 1.54) is 12.8 Å². The van der Waals surface area contributed by atoms with Gasteiger partial charge in [0.2, 0.25) is 0 Å². The summed E-state index contributed by atoms with van der Waals surface area (Å²) in [5.74, 6) is 1.62. The monoisotopic (exact) mass is 281 g/mol. The number of β-amino-alcohol motifs (C(OH)–C–C–N with tert-alkyl or cyclic N) is 1. The molecule has 0 radical (unpaired) electrons. The zero-order valence-corrected chi connectivity index (χ0v) is 12.9. The molecule has 0 saturated carbocycles. The van der Waals surface area contributed by atoms with Crippen LogP contribution in [-0.4, -0.2) is 59.4 Å². The van der Waals surface area contributed by atoms with Crippen molar-refractivity contribution in [3.05, 3.63) is 17.5 Å². The van der Waals surface area contributed by atoms with Crippen molar-refractivity contribution in [1.82, 2.24) is 15.0 Å². The van der Waals surface area contributed by atoms with Crippen molar-refractivity contribution in [3.8, 4) is 0 Å². The molecule has 1 aliphatic heterocycles. The summed E-state index contributed by atoms with van der Waals surface area (Å²) in [7, 11) is 2.15.